The first-order valence-corrected chi connectivity index (χ1v) is 8.25. The number of hydrogen-bond acceptors (Lipinski definition) is 4. The lowest BCUT2D eigenvalue weighted by Gasteiger charge is -2.03. The lowest BCUT2D eigenvalue weighted by molar-refractivity contribution is -0.111. The smallest absolute Gasteiger partial charge is 0.248 e. The molecule has 0 atom stereocenters. The normalized spacial score (nSPS) is 10.7. The van der Waals surface area contributed by atoms with Crippen molar-refractivity contribution in [2.45, 2.75) is 0 Å². The highest BCUT2D eigenvalue weighted by Crippen LogP contribution is 2.23. The van der Waals surface area contributed by atoms with E-state index in [0.717, 1.165) is 27.6 Å². The second kappa shape index (κ2) is 7.57. The fourth-order valence-corrected chi connectivity index (χ4v) is 2.81. The van der Waals surface area contributed by atoms with E-state index in [1.165, 1.54) is 6.08 Å². The lowest BCUT2D eigenvalue weighted by Crippen LogP contribution is -2.07. The predicted octanol–water partition coefficient (Wildman–Crippen LogP) is 4.47. The molecule has 3 aromatic rings. The van der Waals surface area contributed by atoms with Gasteiger partial charge in [0.15, 0.2) is 0 Å². The van der Waals surface area contributed by atoms with Gasteiger partial charge >= 0.3 is 0 Å². The average molecular weight is 336 g/mol. The molecule has 120 valence electrons. The molecule has 4 nitrogen and oxygen atoms in total. The van der Waals surface area contributed by atoms with Crippen LogP contribution in [0.5, 0.6) is 5.75 Å². The Kier molecular flexibility index (Phi) is 5.03. The maximum atomic E-state index is 12.0. The summed E-state index contributed by atoms with van der Waals surface area (Å²) in [5.74, 6) is 0.579. The Hall–Kier alpha value is -2.92. The third-order valence-electron chi connectivity index (χ3n) is 3.35. The molecular weight excluding hydrogens is 320 g/mol. The molecule has 1 amide bonds. The summed E-state index contributed by atoms with van der Waals surface area (Å²) in [5.41, 5.74) is 2.69. The second-order valence-corrected chi connectivity index (χ2v) is 5.91. The fourth-order valence-electron chi connectivity index (χ4n) is 2.16. The molecule has 0 saturated heterocycles. The molecule has 1 aromatic heterocycles. The number of benzene rings is 2. The summed E-state index contributed by atoms with van der Waals surface area (Å²) in [7, 11) is 1.62. The number of amides is 1. The summed E-state index contributed by atoms with van der Waals surface area (Å²) in [6.07, 6.45) is 5.03. The summed E-state index contributed by atoms with van der Waals surface area (Å²) in [4.78, 5) is 16.3. The summed E-state index contributed by atoms with van der Waals surface area (Å²) < 4.78 is 5.16. The van der Waals surface area contributed by atoms with E-state index in [0.29, 0.717) is 0 Å². The second-order valence-electron chi connectivity index (χ2n) is 5.01. The quantitative estimate of drug-likeness (QED) is 0.699. The van der Waals surface area contributed by atoms with Gasteiger partial charge < -0.3 is 10.1 Å². The van der Waals surface area contributed by atoms with Crippen LogP contribution in [0.2, 0.25) is 0 Å². The van der Waals surface area contributed by atoms with Crippen molar-refractivity contribution in [2.24, 2.45) is 0 Å². The van der Waals surface area contributed by atoms with Crippen LogP contribution in [0.4, 0.5) is 5.69 Å². The summed E-state index contributed by atoms with van der Waals surface area (Å²) in [5, 5.41) is 5.74. The molecule has 3 rings (SSSR count). The van der Waals surface area contributed by atoms with Gasteiger partial charge in [0, 0.05) is 28.9 Å². The van der Waals surface area contributed by atoms with Gasteiger partial charge in [-0.25, -0.2) is 4.98 Å². The molecule has 0 saturated carbocycles. The molecule has 0 aliphatic carbocycles. The van der Waals surface area contributed by atoms with Gasteiger partial charge in [0.05, 0.1) is 7.11 Å². The van der Waals surface area contributed by atoms with Gasteiger partial charge in [-0.15, -0.1) is 11.3 Å². The molecule has 1 N–H and O–H groups in total. The molecule has 1 heterocycles. The lowest BCUT2D eigenvalue weighted by atomic mass is 10.2. The number of hydrogen-bond donors (Lipinski definition) is 1. The number of nitrogens with one attached hydrogen (secondary N) is 1. The van der Waals surface area contributed by atoms with Crippen molar-refractivity contribution in [3.05, 3.63) is 71.7 Å². The molecule has 0 spiro atoms. The zero-order chi connectivity index (χ0) is 16.8. The van der Waals surface area contributed by atoms with Gasteiger partial charge in [-0.3, -0.25) is 4.79 Å². The maximum Gasteiger partial charge on any atom is 0.248 e. The SMILES string of the molecule is COc1cccc(/C=C/C(=O)Nc2ccc(-c3nccs3)cc2)c1. The van der Waals surface area contributed by atoms with Crippen molar-refractivity contribution < 1.29 is 9.53 Å². The molecule has 24 heavy (non-hydrogen) atoms. The van der Waals surface area contributed by atoms with Crippen molar-refractivity contribution in [2.75, 3.05) is 12.4 Å². The third-order valence-corrected chi connectivity index (χ3v) is 4.17. The zero-order valence-electron chi connectivity index (χ0n) is 13.1. The van der Waals surface area contributed by atoms with Gasteiger partial charge in [0.1, 0.15) is 10.8 Å². The summed E-state index contributed by atoms with van der Waals surface area (Å²) >= 11 is 1.58. The molecule has 0 aliphatic heterocycles. The van der Waals surface area contributed by atoms with E-state index in [2.05, 4.69) is 10.3 Å². The minimum atomic E-state index is -0.181. The Morgan fingerprint density at radius 1 is 1.21 bits per heavy atom. The van der Waals surface area contributed by atoms with Gasteiger partial charge in [-0.1, -0.05) is 12.1 Å². The van der Waals surface area contributed by atoms with Crippen molar-refractivity contribution in [3.63, 3.8) is 0 Å². The van der Waals surface area contributed by atoms with Crippen LogP contribution in [0.3, 0.4) is 0 Å². The van der Waals surface area contributed by atoms with Crippen molar-refractivity contribution in [3.8, 4) is 16.3 Å². The van der Waals surface area contributed by atoms with Crippen LogP contribution in [-0.4, -0.2) is 18.0 Å². The predicted molar refractivity (Wildman–Crippen MR) is 98.2 cm³/mol. The summed E-state index contributed by atoms with van der Waals surface area (Å²) in [6, 6.07) is 15.2. The number of methoxy groups -OCH3 is 1. The highest BCUT2D eigenvalue weighted by Gasteiger charge is 2.02. The first-order valence-electron chi connectivity index (χ1n) is 7.37. The molecule has 0 fully saturated rings. The van der Waals surface area contributed by atoms with Crippen LogP contribution in [0.25, 0.3) is 16.6 Å². The van der Waals surface area contributed by atoms with Crippen molar-refractivity contribution in [1.29, 1.82) is 0 Å². The van der Waals surface area contributed by atoms with Crippen LogP contribution in [-0.2, 0) is 4.79 Å². The van der Waals surface area contributed by atoms with E-state index in [-0.39, 0.29) is 5.91 Å². The number of ether oxygens (including phenoxy) is 1. The number of carbonyl (C=O) groups is 1. The van der Waals surface area contributed by atoms with E-state index >= 15 is 0 Å². The first-order chi connectivity index (χ1) is 11.7. The Balaban J connectivity index is 1.63. The maximum absolute atomic E-state index is 12.0. The van der Waals surface area contributed by atoms with Crippen molar-refractivity contribution in [1.82, 2.24) is 4.98 Å². The Morgan fingerprint density at radius 3 is 2.75 bits per heavy atom. The van der Waals surface area contributed by atoms with E-state index in [1.54, 1.807) is 30.7 Å². The minimum absolute atomic E-state index is 0.181. The zero-order valence-corrected chi connectivity index (χ0v) is 13.9. The topological polar surface area (TPSA) is 51.2 Å². The Labute approximate surface area is 144 Å². The van der Waals surface area contributed by atoms with Crippen LogP contribution in [0, 0.1) is 0 Å². The van der Waals surface area contributed by atoms with Crippen molar-refractivity contribution >= 4 is 29.0 Å². The van der Waals surface area contributed by atoms with Crippen LogP contribution < -0.4 is 10.1 Å². The van der Waals surface area contributed by atoms with Gasteiger partial charge in [0.2, 0.25) is 5.91 Å². The molecule has 0 radical (unpaired) electrons. The minimum Gasteiger partial charge on any atom is -0.497 e. The third kappa shape index (κ3) is 4.08. The number of nitrogens with zero attached hydrogens (tertiary/aromatic N) is 1. The molecule has 0 unspecified atom stereocenters. The van der Waals surface area contributed by atoms with E-state index in [1.807, 2.05) is 53.9 Å². The van der Waals surface area contributed by atoms with Crippen LogP contribution in [0.15, 0.2) is 66.2 Å². The largest absolute Gasteiger partial charge is 0.497 e. The first kappa shape index (κ1) is 16.0. The Morgan fingerprint density at radius 2 is 2.04 bits per heavy atom. The van der Waals surface area contributed by atoms with Gasteiger partial charge in [-0.05, 0) is 48.0 Å². The molecule has 0 bridgehead atoms. The molecule has 5 heteroatoms. The molecule has 2 aromatic carbocycles. The highest BCUT2D eigenvalue weighted by molar-refractivity contribution is 7.13. The molecule has 0 aliphatic rings. The number of rotatable bonds is 5. The van der Waals surface area contributed by atoms with Crippen LogP contribution in [0.1, 0.15) is 5.56 Å². The number of thiazole rings is 1. The van der Waals surface area contributed by atoms with E-state index in [9.17, 15) is 4.79 Å². The number of carbonyl (C=O) groups excluding carboxylic acids is 1. The van der Waals surface area contributed by atoms with Gasteiger partial charge in [0.25, 0.3) is 0 Å². The average Bonchev–Trinajstić information content (AvgIpc) is 3.15. The monoisotopic (exact) mass is 336 g/mol. The van der Waals surface area contributed by atoms with E-state index < -0.39 is 0 Å². The van der Waals surface area contributed by atoms with E-state index in [4.69, 9.17) is 4.74 Å². The fraction of sp³-hybridized carbons (Fsp3) is 0.0526. The standard InChI is InChI=1S/C19H16N2O2S/c1-23-17-4-2-3-14(13-17)5-10-18(22)21-16-8-6-15(7-9-16)19-20-11-12-24-19/h2-13H,1H3,(H,21,22)/b10-5+. The van der Waals surface area contributed by atoms with Crippen LogP contribution >= 0.6 is 11.3 Å². The molecular formula is C19H16N2O2S. The number of anilines is 1. The summed E-state index contributed by atoms with van der Waals surface area (Å²) in [6.45, 7) is 0. The number of aromatic nitrogens is 1. The van der Waals surface area contributed by atoms with Gasteiger partial charge in [-0.2, -0.15) is 0 Å². The highest BCUT2D eigenvalue weighted by atomic mass is 32.1. The Bertz CT molecular complexity index is 840.